The Morgan fingerprint density at radius 2 is 1.50 bits per heavy atom. The summed E-state index contributed by atoms with van der Waals surface area (Å²) in [4.78, 5) is 24.2. The number of nitrogens with one attached hydrogen (secondary N) is 1. The van der Waals surface area contributed by atoms with Crippen LogP contribution < -0.4 is 5.32 Å². The van der Waals surface area contributed by atoms with Crippen molar-refractivity contribution in [1.82, 2.24) is 9.88 Å². The van der Waals surface area contributed by atoms with Crippen molar-refractivity contribution in [3.8, 4) is 22.3 Å². The molecule has 0 saturated carbocycles. The summed E-state index contributed by atoms with van der Waals surface area (Å²) < 4.78 is 1.54. The van der Waals surface area contributed by atoms with Crippen LogP contribution in [0.4, 0.5) is 0 Å². The Bertz CT molecular complexity index is 1050. The third-order valence-corrected chi connectivity index (χ3v) is 5.42. The molecule has 0 bridgehead atoms. The normalized spacial score (nSPS) is 13.4. The second-order valence-electron chi connectivity index (χ2n) is 8.30. The number of carboxylic acids is 1. The molecular weight excluding hydrogens is 408 g/mol. The molecule has 7 heteroatoms. The van der Waals surface area contributed by atoms with Gasteiger partial charge in [-0.1, -0.05) is 54.6 Å². The molecular formula is C25H28N2O5. The number of aliphatic carboxylic acids is 1. The number of aliphatic hydroxyl groups is 2. The Hall–Kier alpha value is -3.42. The fourth-order valence-corrected chi connectivity index (χ4v) is 3.48. The molecule has 7 nitrogen and oxygen atoms in total. The number of amides is 1. The van der Waals surface area contributed by atoms with Crippen LogP contribution in [0.1, 0.15) is 26.3 Å². The van der Waals surface area contributed by atoms with Gasteiger partial charge in [0.05, 0.1) is 24.7 Å². The van der Waals surface area contributed by atoms with E-state index in [4.69, 9.17) is 0 Å². The Morgan fingerprint density at radius 1 is 0.938 bits per heavy atom. The first-order valence-corrected chi connectivity index (χ1v) is 10.4. The van der Waals surface area contributed by atoms with Gasteiger partial charge in [0.1, 0.15) is 6.04 Å². The molecule has 1 aromatic heterocycles. The quantitative estimate of drug-likeness (QED) is 0.412. The fourth-order valence-electron chi connectivity index (χ4n) is 3.48. The molecule has 0 aliphatic heterocycles. The molecule has 0 saturated heterocycles. The highest BCUT2D eigenvalue weighted by Gasteiger charge is 2.31. The van der Waals surface area contributed by atoms with Crippen molar-refractivity contribution in [1.29, 1.82) is 0 Å². The summed E-state index contributed by atoms with van der Waals surface area (Å²) in [6.45, 7) is 2.46. The van der Waals surface area contributed by atoms with Crippen LogP contribution in [0.15, 0.2) is 73.1 Å². The molecule has 0 spiro atoms. The van der Waals surface area contributed by atoms with E-state index in [1.54, 1.807) is 17.0 Å². The van der Waals surface area contributed by atoms with E-state index in [1.807, 2.05) is 60.7 Å². The molecule has 2 unspecified atom stereocenters. The number of carbonyl (C=O) groups is 2. The molecule has 2 atom stereocenters. The smallest absolute Gasteiger partial charge is 0.306 e. The first kappa shape index (κ1) is 23.2. The predicted molar refractivity (Wildman–Crippen MR) is 122 cm³/mol. The Labute approximate surface area is 187 Å². The van der Waals surface area contributed by atoms with Crippen LogP contribution in [0, 0.1) is 0 Å². The SMILES string of the molecule is CC(C)(O)C(CO)NC(=O)C(CC(=O)O)n1ccc(-c2ccc(-c3ccccc3)cc2)c1. The molecule has 0 fully saturated rings. The maximum atomic E-state index is 12.8. The van der Waals surface area contributed by atoms with Gasteiger partial charge in [-0.25, -0.2) is 0 Å². The minimum atomic E-state index is -1.36. The number of aliphatic hydroxyl groups excluding tert-OH is 1. The van der Waals surface area contributed by atoms with Gasteiger partial charge in [-0.05, 0) is 42.2 Å². The van der Waals surface area contributed by atoms with Crippen molar-refractivity contribution < 1.29 is 24.9 Å². The number of hydrogen-bond acceptors (Lipinski definition) is 4. The van der Waals surface area contributed by atoms with E-state index in [9.17, 15) is 24.9 Å². The van der Waals surface area contributed by atoms with E-state index >= 15 is 0 Å². The summed E-state index contributed by atoms with van der Waals surface area (Å²) >= 11 is 0. The second kappa shape index (κ2) is 9.80. The van der Waals surface area contributed by atoms with E-state index in [2.05, 4.69) is 5.32 Å². The van der Waals surface area contributed by atoms with Crippen molar-refractivity contribution in [3.63, 3.8) is 0 Å². The van der Waals surface area contributed by atoms with Gasteiger partial charge in [0, 0.05) is 12.4 Å². The van der Waals surface area contributed by atoms with Crippen molar-refractivity contribution in [2.24, 2.45) is 0 Å². The molecule has 0 radical (unpaired) electrons. The monoisotopic (exact) mass is 436 g/mol. The molecule has 32 heavy (non-hydrogen) atoms. The molecule has 2 aromatic carbocycles. The average Bonchev–Trinajstić information content (AvgIpc) is 3.25. The van der Waals surface area contributed by atoms with Gasteiger partial charge >= 0.3 is 5.97 Å². The zero-order chi connectivity index (χ0) is 23.3. The number of benzene rings is 2. The average molecular weight is 437 g/mol. The molecule has 1 heterocycles. The van der Waals surface area contributed by atoms with Crippen molar-refractivity contribution in [3.05, 3.63) is 73.1 Å². The zero-order valence-electron chi connectivity index (χ0n) is 18.1. The summed E-state index contributed by atoms with van der Waals surface area (Å²) in [7, 11) is 0. The predicted octanol–water partition coefficient (Wildman–Crippen LogP) is 3.09. The number of nitrogens with zero attached hydrogens (tertiary/aromatic N) is 1. The van der Waals surface area contributed by atoms with Crippen LogP contribution in [-0.4, -0.2) is 50.0 Å². The van der Waals surface area contributed by atoms with E-state index in [1.165, 1.54) is 13.8 Å². The minimum absolute atomic E-state index is 0.434. The summed E-state index contributed by atoms with van der Waals surface area (Å²) in [5, 5.41) is 31.5. The first-order valence-electron chi connectivity index (χ1n) is 10.4. The molecule has 4 N–H and O–H groups in total. The standard InChI is InChI=1S/C25H28N2O5/c1-25(2,32)22(16-28)26-24(31)21(14-23(29)30)27-13-12-20(15-27)19-10-8-18(9-11-19)17-6-4-3-5-7-17/h3-13,15,21-22,28,32H,14,16H2,1-2H3,(H,26,31)(H,29,30). The zero-order valence-corrected chi connectivity index (χ0v) is 18.1. The van der Waals surface area contributed by atoms with Gasteiger partial charge in [-0.15, -0.1) is 0 Å². The summed E-state index contributed by atoms with van der Waals surface area (Å²) in [5.74, 6) is -1.72. The molecule has 0 aliphatic carbocycles. The van der Waals surface area contributed by atoms with Crippen LogP contribution in [-0.2, 0) is 9.59 Å². The minimum Gasteiger partial charge on any atom is -0.481 e. The fraction of sp³-hybridized carbons (Fsp3) is 0.280. The Kier molecular flexibility index (Phi) is 7.12. The van der Waals surface area contributed by atoms with Crippen LogP contribution in [0.5, 0.6) is 0 Å². The van der Waals surface area contributed by atoms with Crippen LogP contribution in [0.2, 0.25) is 0 Å². The number of carbonyl (C=O) groups excluding carboxylic acids is 1. The number of hydrogen-bond donors (Lipinski definition) is 4. The molecule has 3 rings (SSSR count). The molecule has 1 amide bonds. The number of aromatic nitrogens is 1. The Balaban J connectivity index is 1.82. The second-order valence-corrected chi connectivity index (χ2v) is 8.30. The highest BCUT2D eigenvalue weighted by atomic mass is 16.4. The van der Waals surface area contributed by atoms with Gasteiger partial charge in [0.2, 0.25) is 5.91 Å². The highest BCUT2D eigenvalue weighted by molar-refractivity contribution is 5.85. The lowest BCUT2D eigenvalue weighted by Gasteiger charge is -2.30. The summed E-state index contributed by atoms with van der Waals surface area (Å²) in [5.41, 5.74) is 2.61. The van der Waals surface area contributed by atoms with Gasteiger partial charge in [-0.2, -0.15) is 0 Å². The van der Waals surface area contributed by atoms with Gasteiger partial charge in [0.15, 0.2) is 0 Å². The molecule has 168 valence electrons. The van der Waals surface area contributed by atoms with Crippen LogP contribution in [0.3, 0.4) is 0 Å². The number of rotatable bonds is 9. The van der Waals surface area contributed by atoms with Crippen molar-refractivity contribution in [2.75, 3.05) is 6.61 Å². The molecule has 3 aromatic rings. The third-order valence-electron chi connectivity index (χ3n) is 5.42. The maximum Gasteiger partial charge on any atom is 0.306 e. The lowest BCUT2D eigenvalue weighted by molar-refractivity contribution is -0.141. The lowest BCUT2D eigenvalue weighted by atomic mass is 9.99. The van der Waals surface area contributed by atoms with Gasteiger partial charge < -0.3 is 25.2 Å². The summed E-state index contributed by atoms with van der Waals surface area (Å²) in [6.07, 6.45) is 2.95. The summed E-state index contributed by atoms with van der Waals surface area (Å²) in [6, 6.07) is 17.8. The largest absolute Gasteiger partial charge is 0.481 e. The van der Waals surface area contributed by atoms with E-state index < -0.39 is 42.6 Å². The van der Waals surface area contributed by atoms with Gasteiger partial charge in [0.25, 0.3) is 0 Å². The topological polar surface area (TPSA) is 112 Å². The molecule has 0 aliphatic rings. The first-order chi connectivity index (χ1) is 15.2. The lowest BCUT2D eigenvalue weighted by Crippen LogP contribution is -2.53. The third kappa shape index (κ3) is 5.63. The van der Waals surface area contributed by atoms with E-state index in [-0.39, 0.29) is 0 Å². The van der Waals surface area contributed by atoms with Crippen molar-refractivity contribution in [2.45, 2.75) is 38.0 Å². The van der Waals surface area contributed by atoms with Gasteiger partial charge in [-0.3, -0.25) is 9.59 Å². The Morgan fingerprint density at radius 3 is 2.03 bits per heavy atom. The van der Waals surface area contributed by atoms with E-state index in [0.29, 0.717) is 0 Å². The maximum absolute atomic E-state index is 12.8. The highest BCUT2D eigenvalue weighted by Crippen LogP contribution is 2.27. The van der Waals surface area contributed by atoms with Crippen molar-refractivity contribution >= 4 is 11.9 Å². The van der Waals surface area contributed by atoms with Crippen LogP contribution in [0.25, 0.3) is 22.3 Å². The van der Waals surface area contributed by atoms with Crippen LogP contribution >= 0.6 is 0 Å². The number of carboxylic acid groups (broad SMARTS) is 1. The van der Waals surface area contributed by atoms with E-state index in [0.717, 1.165) is 22.3 Å².